The number of rotatable bonds is 54. The van der Waals surface area contributed by atoms with E-state index in [2.05, 4.69) is 39.5 Å². The molecule has 734 valence electrons. The standard InChI is InChI=1S/C37H36O14.C35H36O10.C34H34O10/c1-4-32(38)44-20-6-8-22-46-36(42)49-28-14-10-26(11-15-28)34(40)48-30-18-19-31(25(3)24-30)51-35(41)27-12-16-29(17-13-27)50-37(43)47-23-9-7-21-45-33(39)5-2;1-4-32(36)42-22-8-6-20-40-28-14-10-26(11-15-28)34(38)44-30-18-19-31(25(3)24-30)45-35(39)27-12-16-29(17-13-27)41-21-7-9-23-43-33(37)5-2;1-3-31(35)41-23-7-5-21-39-27-13-9-25(10-14-27)33(37)43-29-17-19-30(20-18-29)44-34(38)26-11-15-28(16-12-26)40-22-6-8-24-42-32(36)4-2/h4-5,10-19,24H,1-2,6-9,20-23H2,3H3;4-5,10-19,24H,1-2,6-9,20-23H2,3H3;3-4,9-20H,1-2,5-8,21-24H2. The van der Waals surface area contributed by atoms with Crippen molar-refractivity contribution in [1.82, 2.24) is 0 Å². The van der Waals surface area contributed by atoms with Gasteiger partial charge in [0.15, 0.2) is 0 Å². The summed E-state index contributed by atoms with van der Waals surface area (Å²) < 4.78 is 105. The molecule has 0 bridgehead atoms. The number of carbonyl (C=O) groups is 14. The summed E-state index contributed by atoms with van der Waals surface area (Å²) >= 11 is 0. The van der Waals surface area contributed by atoms with Gasteiger partial charge >= 0.3 is 83.9 Å². The number of hydrogen-bond acceptors (Lipinski definition) is 34. The Morgan fingerprint density at radius 1 is 0.193 bits per heavy atom. The Morgan fingerprint density at radius 2 is 0.357 bits per heavy atom. The second kappa shape index (κ2) is 62.4. The second-order valence-electron chi connectivity index (χ2n) is 29.1. The molecule has 34 heteroatoms. The molecule has 0 unspecified atom stereocenters. The third-order valence-electron chi connectivity index (χ3n) is 18.5. The zero-order chi connectivity index (χ0) is 101. The number of carbonyl (C=O) groups excluding carboxylic acids is 14. The van der Waals surface area contributed by atoms with Crippen molar-refractivity contribution in [3.8, 4) is 69.0 Å². The van der Waals surface area contributed by atoms with Crippen LogP contribution in [0.25, 0.3) is 0 Å². The van der Waals surface area contributed by atoms with Crippen molar-refractivity contribution < 1.29 is 162 Å². The van der Waals surface area contributed by atoms with Gasteiger partial charge in [-0.15, -0.1) is 0 Å². The van der Waals surface area contributed by atoms with Gasteiger partial charge in [-0.2, -0.15) is 0 Å². The minimum absolute atomic E-state index is 0.0665. The van der Waals surface area contributed by atoms with E-state index in [-0.39, 0.29) is 72.1 Å². The van der Waals surface area contributed by atoms with Crippen LogP contribution in [0.3, 0.4) is 0 Å². The molecule has 0 fully saturated rings. The predicted molar refractivity (Wildman–Crippen MR) is 505 cm³/mol. The monoisotopic (exact) mass is 1920 g/mol. The molecule has 0 aliphatic heterocycles. The van der Waals surface area contributed by atoms with Crippen molar-refractivity contribution in [1.29, 1.82) is 0 Å². The van der Waals surface area contributed by atoms with Crippen LogP contribution >= 0.6 is 0 Å². The first-order valence-corrected chi connectivity index (χ1v) is 43.9. The smallest absolute Gasteiger partial charge is 0.494 e. The zero-order valence-electron chi connectivity index (χ0n) is 77.2. The first kappa shape index (κ1) is 110. The van der Waals surface area contributed by atoms with Gasteiger partial charge in [-0.3, -0.25) is 0 Å². The molecule has 34 nitrogen and oxygen atoms in total. The topological polar surface area (TPSA) is 424 Å². The highest BCUT2D eigenvalue weighted by Crippen LogP contribution is 2.30. The SMILES string of the molecule is C=CC(=O)OCCCCOC(=O)Oc1ccc(C(=O)Oc2ccc(OC(=O)c3ccc(OC(=O)OCCCCOC(=O)C=C)cc3)c(C)c2)cc1.C=CC(=O)OCCCCOc1ccc(C(=O)Oc2ccc(OC(=O)c3ccc(OCCCCOC(=O)C=C)cc3)c(C)c2)cc1.C=CC(=O)OCCCCOc1ccc(C(=O)Oc2ccc(OC(=O)c3ccc(OCCCCOC(=O)C=C)cc3)cc2)cc1. The van der Waals surface area contributed by atoms with Crippen LogP contribution in [-0.4, -0.2) is 163 Å². The first-order chi connectivity index (χ1) is 67.7. The van der Waals surface area contributed by atoms with Crippen LogP contribution in [0.15, 0.2) is 282 Å². The lowest BCUT2D eigenvalue weighted by atomic mass is 10.2. The lowest BCUT2D eigenvalue weighted by molar-refractivity contribution is -0.138. The number of benzene rings is 9. The largest absolute Gasteiger partial charge is 0.513 e. The van der Waals surface area contributed by atoms with E-state index in [1.165, 1.54) is 91.0 Å². The molecule has 0 N–H and O–H groups in total. The van der Waals surface area contributed by atoms with Crippen LogP contribution < -0.4 is 56.8 Å². The number of ether oxygens (including phenoxy) is 20. The Balaban J connectivity index is 0.000000286. The molecule has 0 aromatic heterocycles. The summed E-state index contributed by atoms with van der Waals surface area (Å²) in [7, 11) is 0. The minimum atomic E-state index is -0.927. The van der Waals surface area contributed by atoms with E-state index in [1.54, 1.807) is 129 Å². The van der Waals surface area contributed by atoms with Crippen molar-refractivity contribution >= 4 is 83.9 Å². The van der Waals surface area contributed by atoms with E-state index in [0.29, 0.717) is 198 Å². The Morgan fingerprint density at radius 3 is 0.564 bits per heavy atom. The van der Waals surface area contributed by atoms with Crippen LogP contribution in [-0.2, 0) is 66.7 Å². The molecule has 0 aliphatic rings. The molecule has 140 heavy (non-hydrogen) atoms. The Labute approximate surface area is 807 Å². The summed E-state index contributed by atoms with van der Waals surface area (Å²) in [5, 5.41) is 0. The minimum Gasteiger partial charge on any atom is -0.494 e. The fraction of sp³-hybridized carbons (Fsp3) is 0.245. The molecule has 9 aromatic rings. The van der Waals surface area contributed by atoms with Crippen LogP contribution in [0, 0.1) is 13.8 Å². The van der Waals surface area contributed by atoms with Gasteiger partial charge in [-0.25, -0.2) is 67.1 Å². The molecule has 9 rings (SSSR count). The number of aryl methyl sites for hydroxylation is 2. The Kier molecular flexibility index (Phi) is 48.9. The maximum atomic E-state index is 12.7. The molecule has 0 radical (unpaired) electrons. The van der Waals surface area contributed by atoms with E-state index in [9.17, 15) is 67.1 Å². The molecule has 0 heterocycles. The molecule has 0 aliphatic carbocycles. The normalized spacial score (nSPS) is 10.2. The average Bonchev–Trinajstić information content (AvgIpc) is 0.908. The fourth-order valence-electron chi connectivity index (χ4n) is 11.2. The summed E-state index contributed by atoms with van der Waals surface area (Å²) in [5.41, 5.74) is 2.84. The predicted octanol–water partition coefficient (Wildman–Crippen LogP) is 18.6. The highest BCUT2D eigenvalue weighted by atomic mass is 16.7. The van der Waals surface area contributed by atoms with E-state index >= 15 is 0 Å². The van der Waals surface area contributed by atoms with Gasteiger partial charge in [0.05, 0.1) is 113 Å². The summed E-state index contributed by atoms with van der Waals surface area (Å²) in [6, 6.07) is 52.7. The molecular formula is C106H106O34. The summed E-state index contributed by atoms with van der Waals surface area (Å²) in [4.78, 5) is 166. The quantitative estimate of drug-likeness (QED) is 0.00853. The fourth-order valence-corrected chi connectivity index (χ4v) is 11.2. The van der Waals surface area contributed by atoms with Gasteiger partial charge in [0, 0.05) is 36.5 Å². The Bertz CT molecular complexity index is 5540. The maximum Gasteiger partial charge on any atom is 0.513 e. The summed E-state index contributed by atoms with van der Waals surface area (Å²) in [6.45, 7) is 26.8. The van der Waals surface area contributed by atoms with E-state index < -0.39 is 83.9 Å². The number of hydrogen-bond donors (Lipinski definition) is 0. The molecule has 0 saturated carbocycles. The summed E-state index contributed by atoms with van der Waals surface area (Å²) in [6.07, 6.45) is 12.1. The molecular weight excluding hydrogens is 1820 g/mol. The lowest BCUT2D eigenvalue weighted by Crippen LogP contribution is -2.13. The third kappa shape index (κ3) is 43.0. The van der Waals surface area contributed by atoms with Crippen molar-refractivity contribution in [2.24, 2.45) is 0 Å². The first-order valence-electron chi connectivity index (χ1n) is 43.9. The highest BCUT2D eigenvalue weighted by Gasteiger charge is 2.21. The van der Waals surface area contributed by atoms with Gasteiger partial charge in [0.1, 0.15) is 69.0 Å². The van der Waals surface area contributed by atoms with Crippen molar-refractivity contribution in [3.05, 3.63) is 327 Å². The van der Waals surface area contributed by atoms with Crippen LogP contribution in [0.2, 0.25) is 0 Å². The molecule has 0 spiro atoms. The third-order valence-corrected chi connectivity index (χ3v) is 18.5. The summed E-state index contributed by atoms with van der Waals surface area (Å²) in [5.74, 6) is -2.08. The molecule has 0 saturated heterocycles. The molecule has 0 amide bonds. The Hall–Kier alpha value is -17.2. The lowest BCUT2D eigenvalue weighted by Gasteiger charge is -2.11. The second-order valence-corrected chi connectivity index (χ2v) is 29.1. The number of unbranched alkanes of at least 4 members (excludes halogenated alkanes) is 6. The van der Waals surface area contributed by atoms with E-state index in [4.69, 9.17) is 94.7 Å². The van der Waals surface area contributed by atoms with Gasteiger partial charge in [-0.1, -0.05) is 39.5 Å². The van der Waals surface area contributed by atoms with Crippen molar-refractivity contribution in [2.45, 2.75) is 90.9 Å². The molecule has 9 aromatic carbocycles. The van der Waals surface area contributed by atoms with Crippen LogP contribution in [0.5, 0.6) is 69.0 Å². The number of esters is 12. The average molecular weight is 1920 g/mol. The van der Waals surface area contributed by atoms with Crippen LogP contribution in [0.4, 0.5) is 9.59 Å². The van der Waals surface area contributed by atoms with E-state index in [0.717, 1.165) is 36.5 Å². The van der Waals surface area contributed by atoms with Crippen molar-refractivity contribution in [2.75, 3.05) is 79.3 Å². The van der Waals surface area contributed by atoms with Gasteiger partial charge in [0.2, 0.25) is 0 Å². The van der Waals surface area contributed by atoms with Gasteiger partial charge in [-0.05, 0) is 308 Å². The zero-order valence-corrected chi connectivity index (χ0v) is 77.2. The highest BCUT2D eigenvalue weighted by molar-refractivity contribution is 5.95. The van der Waals surface area contributed by atoms with Crippen LogP contribution in [0.1, 0.15) is 150 Å². The van der Waals surface area contributed by atoms with E-state index in [1.807, 2.05) is 0 Å². The van der Waals surface area contributed by atoms with Crippen molar-refractivity contribution in [3.63, 3.8) is 0 Å². The maximum absolute atomic E-state index is 12.7. The van der Waals surface area contributed by atoms with Gasteiger partial charge < -0.3 is 94.7 Å². The van der Waals surface area contributed by atoms with Gasteiger partial charge in [0.25, 0.3) is 0 Å². The molecule has 0 atom stereocenters.